The van der Waals surface area contributed by atoms with Crippen molar-refractivity contribution in [2.24, 2.45) is 0 Å². The summed E-state index contributed by atoms with van der Waals surface area (Å²) in [6.07, 6.45) is 3.88. The highest BCUT2D eigenvalue weighted by molar-refractivity contribution is 6.07. The normalized spacial score (nSPS) is 26.0. The van der Waals surface area contributed by atoms with E-state index in [0.717, 1.165) is 37.0 Å². The van der Waals surface area contributed by atoms with E-state index in [1.165, 1.54) is 0 Å². The van der Waals surface area contributed by atoms with Gasteiger partial charge in [-0.15, -0.1) is 0 Å². The molecule has 1 saturated heterocycles. The summed E-state index contributed by atoms with van der Waals surface area (Å²) in [5, 5.41) is 12.1. The molecule has 2 fully saturated rings. The van der Waals surface area contributed by atoms with E-state index < -0.39 is 11.6 Å². The number of hydrogen-bond donors (Lipinski definition) is 2. The predicted molar refractivity (Wildman–Crippen MR) is 57.7 cm³/mol. The van der Waals surface area contributed by atoms with Crippen LogP contribution in [0.25, 0.3) is 0 Å². The van der Waals surface area contributed by atoms with Crippen molar-refractivity contribution >= 4 is 11.9 Å². The minimum absolute atomic E-state index is 0.0897. The zero-order valence-electron chi connectivity index (χ0n) is 9.53. The Morgan fingerprint density at radius 3 is 2.56 bits per heavy atom. The Bertz CT molecular complexity index is 308. The van der Waals surface area contributed by atoms with Crippen molar-refractivity contribution < 1.29 is 14.7 Å². The van der Waals surface area contributed by atoms with E-state index in [0.29, 0.717) is 0 Å². The number of hydrogen-bond acceptors (Lipinski definition) is 3. The third kappa shape index (κ3) is 1.80. The Kier molecular flexibility index (Phi) is 2.88. The number of imide groups is 1. The van der Waals surface area contributed by atoms with Crippen molar-refractivity contribution in [3.63, 3.8) is 0 Å². The molecule has 0 aromatic heterocycles. The highest BCUT2D eigenvalue weighted by atomic mass is 16.3. The van der Waals surface area contributed by atoms with Crippen LogP contribution >= 0.6 is 0 Å². The van der Waals surface area contributed by atoms with E-state index in [1.807, 2.05) is 0 Å². The number of aliphatic hydroxyl groups is 1. The van der Waals surface area contributed by atoms with Gasteiger partial charge in [0.25, 0.3) is 5.91 Å². The molecule has 1 heterocycles. The van der Waals surface area contributed by atoms with Crippen LogP contribution in [0.2, 0.25) is 0 Å². The van der Waals surface area contributed by atoms with E-state index in [4.69, 9.17) is 0 Å². The van der Waals surface area contributed by atoms with Gasteiger partial charge in [0, 0.05) is 0 Å². The largest absolute Gasteiger partial charge is 0.392 e. The number of nitrogens with zero attached hydrogens (tertiary/aromatic N) is 1. The Hall–Kier alpha value is -1.10. The summed E-state index contributed by atoms with van der Waals surface area (Å²) in [4.78, 5) is 25.0. The highest BCUT2D eigenvalue weighted by Gasteiger charge is 2.51. The Balaban J connectivity index is 2.14. The fourth-order valence-corrected chi connectivity index (χ4v) is 2.60. The lowest BCUT2D eigenvalue weighted by atomic mass is 9.82. The zero-order chi connectivity index (χ0) is 11.8. The molecule has 2 N–H and O–H groups in total. The lowest BCUT2D eigenvalue weighted by molar-refractivity contribution is -0.133. The van der Waals surface area contributed by atoms with E-state index in [2.05, 4.69) is 5.32 Å². The first kappa shape index (κ1) is 11.4. The maximum absolute atomic E-state index is 12.2. The van der Waals surface area contributed by atoms with Crippen LogP contribution in [0.3, 0.4) is 0 Å². The molecule has 3 amide bonds. The minimum atomic E-state index is -0.673. The summed E-state index contributed by atoms with van der Waals surface area (Å²) in [5.41, 5.74) is -0.662. The molecular formula is C11H18N2O3. The molecular weight excluding hydrogens is 208 g/mol. The van der Waals surface area contributed by atoms with Crippen LogP contribution in [0.15, 0.2) is 0 Å². The number of nitrogens with one attached hydrogen (secondary N) is 1. The van der Waals surface area contributed by atoms with Crippen molar-refractivity contribution in [1.29, 1.82) is 0 Å². The first-order valence-corrected chi connectivity index (χ1v) is 5.87. The van der Waals surface area contributed by atoms with Crippen molar-refractivity contribution in [2.75, 3.05) is 6.54 Å². The van der Waals surface area contributed by atoms with Crippen LogP contribution in [0.1, 0.15) is 39.0 Å². The summed E-state index contributed by atoms with van der Waals surface area (Å²) in [6.45, 7) is 1.67. The molecule has 90 valence electrons. The van der Waals surface area contributed by atoms with Crippen LogP contribution < -0.4 is 5.32 Å². The topological polar surface area (TPSA) is 69.6 Å². The van der Waals surface area contributed by atoms with Gasteiger partial charge in [0.15, 0.2) is 0 Å². The van der Waals surface area contributed by atoms with Gasteiger partial charge in [-0.25, -0.2) is 4.79 Å². The number of β-amino-alcohol motifs (C(OH)–C–C–N with tert-alkyl or cyclic N) is 1. The number of amides is 3. The lowest BCUT2D eigenvalue weighted by Crippen LogP contribution is -2.48. The summed E-state index contributed by atoms with van der Waals surface area (Å²) >= 11 is 0. The Morgan fingerprint density at radius 1 is 1.38 bits per heavy atom. The molecule has 2 aliphatic rings. The second-order valence-electron chi connectivity index (χ2n) is 4.84. The molecule has 1 unspecified atom stereocenters. The van der Waals surface area contributed by atoms with Gasteiger partial charge < -0.3 is 10.4 Å². The minimum Gasteiger partial charge on any atom is -0.392 e. The van der Waals surface area contributed by atoms with Crippen LogP contribution in [0, 0.1) is 0 Å². The molecule has 1 atom stereocenters. The molecule has 1 aliphatic carbocycles. The maximum atomic E-state index is 12.2. The zero-order valence-corrected chi connectivity index (χ0v) is 9.53. The average Bonchev–Trinajstić information content (AvgIpc) is 2.44. The molecule has 1 aliphatic heterocycles. The van der Waals surface area contributed by atoms with Gasteiger partial charge >= 0.3 is 6.03 Å². The summed E-state index contributed by atoms with van der Waals surface area (Å²) in [5.74, 6) is -0.155. The number of aliphatic hydroxyl groups excluding tert-OH is 1. The van der Waals surface area contributed by atoms with E-state index in [1.54, 1.807) is 6.92 Å². The molecule has 0 aromatic carbocycles. The van der Waals surface area contributed by atoms with Gasteiger partial charge in [-0.05, 0) is 19.8 Å². The third-order valence-electron chi connectivity index (χ3n) is 3.40. The number of rotatable bonds is 2. The van der Waals surface area contributed by atoms with E-state index in [9.17, 15) is 14.7 Å². The van der Waals surface area contributed by atoms with Gasteiger partial charge in [-0.2, -0.15) is 0 Å². The maximum Gasteiger partial charge on any atom is 0.325 e. The summed E-state index contributed by atoms with van der Waals surface area (Å²) in [7, 11) is 0. The van der Waals surface area contributed by atoms with E-state index in [-0.39, 0.29) is 18.5 Å². The van der Waals surface area contributed by atoms with Crippen LogP contribution in [0.4, 0.5) is 4.79 Å². The summed E-state index contributed by atoms with van der Waals surface area (Å²) in [6, 6.07) is -0.354. The molecule has 5 nitrogen and oxygen atoms in total. The molecule has 0 aromatic rings. The van der Waals surface area contributed by atoms with Gasteiger partial charge in [-0.3, -0.25) is 9.69 Å². The monoisotopic (exact) mass is 226 g/mol. The quantitative estimate of drug-likeness (QED) is 0.678. The smallest absolute Gasteiger partial charge is 0.325 e. The van der Waals surface area contributed by atoms with Crippen molar-refractivity contribution in [3.8, 4) is 0 Å². The average molecular weight is 226 g/mol. The fourth-order valence-electron chi connectivity index (χ4n) is 2.60. The number of urea groups is 1. The number of carbonyl (C=O) groups excluding carboxylic acids is 2. The highest BCUT2D eigenvalue weighted by Crippen LogP contribution is 2.33. The van der Waals surface area contributed by atoms with Gasteiger partial charge in [0.1, 0.15) is 5.54 Å². The predicted octanol–water partition coefficient (Wildman–Crippen LogP) is 0.622. The Labute approximate surface area is 94.8 Å². The lowest BCUT2D eigenvalue weighted by Gasteiger charge is -2.30. The molecule has 5 heteroatoms. The second-order valence-corrected chi connectivity index (χ2v) is 4.84. The molecule has 1 spiro atoms. The van der Waals surface area contributed by atoms with Crippen molar-refractivity contribution in [3.05, 3.63) is 0 Å². The Morgan fingerprint density at radius 2 is 2.00 bits per heavy atom. The van der Waals surface area contributed by atoms with Crippen molar-refractivity contribution in [2.45, 2.75) is 50.7 Å². The SMILES string of the molecule is CC(O)CN1C(=O)NC2(CCCCC2)C1=O. The molecule has 1 saturated carbocycles. The first-order chi connectivity index (χ1) is 7.55. The molecule has 0 radical (unpaired) electrons. The van der Waals surface area contributed by atoms with Crippen LogP contribution in [0.5, 0.6) is 0 Å². The number of carbonyl (C=O) groups is 2. The summed E-state index contributed by atoms with van der Waals surface area (Å²) < 4.78 is 0. The first-order valence-electron chi connectivity index (χ1n) is 5.87. The van der Waals surface area contributed by atoms with Gasteiger partial charge in [0.2, 0.25) is 0 Å². The van der Waals surface area contributed by atoms with Gasteiger partial charge in [0.05, 0.1) is 12.6 Å². The van der Waals surface area contributed by atoms with Crippen molar-refractivity contribution in [1.82, 2.24) is 10.2 Å². The van der Waals surface area contributed by atoms with Gasteiger partial charge in [-0.1, -0.05) is 19.3 Å². The van der Waals surface area contributed by atoms with E-state index >= 15 is 0 Å². The van der Waals surface area contributed by atoms with Crippen LogP contribution in [-0.2, 0) is 4.79 Å². The molecule has 16 heavy (non-hydrogen) atoms. The molecule has 0 bridgehead atoms. The fraction of sp³-hybridized carbons (Fsp3) is 0.818. The standard InChI is InChI=1S/C11H18N2O3/c1-8(14)7-13-9(15)11(12-10(13)16)5-3-2-4-6-11/h8,14H,2-7H2,1H3,(H,12,16). The van der Waals surface area contributed by atoms with Crippen LogP contribution in [-0.4, -0.2) is 40.1 Å². The third-order valence-corrected chi connectivity index (χ3v) is 3.40. The molecule has 2 rings (SSSR count). The second kappa shape index (κ2) is 4.05.